The van der Waals surface area contributed by atoms with Gasteiger partial charge < -0.3 is 5.73 Å². The van der Waals surface area contributed by atoms with E-state index in [2.05, 4.69) is 29.7 Å². The predicted octanol–water partition coefficient (Wildman–Crippen LogP) is 1.75. The molecule has 1 rings (SSSR count). The molecule has 3 heteroatoms. The molecule has 0 bridgehead atoms. The zero-order chi connectivity index (χ0) is 10.6. The first-order chi connectivity index (χ1) is 6.67. The summed E-state index contributed by atoms with van der Waals surface area (Å²) in [4.78, 5) is 0. The molecule has 1 aromatic heterocycles. The molecule has 1 heterocycles. The van der Waals surface area contributed by atoms with E-state index in [1.54, 1.807) is 0 Å². The van der Waals surface area contributed by atoms with Crippen molar-refractivity contribution >= 4 is 0 Å². The molecular formula is C11H21N3. The van der Waals surface area contributed by atoms with Gasteiger partial charge in [-0.3, -0.25) is 4.68 Å². The molecule has 14 heavy (non-hydrogen) atoms. The highest BCUT2D eigenvalue weighted by Crippen LogP contribution is 2.08. The SMILES string of the molecule is CCc1cc(CCC(C)N)n(CC)n1. The van der Waals surface area contributed by atoms with Crippen molar-refractivity contribution in [1.82, 2.24) is 9.78 Å². The third-order valence-corrected chi connectivity index (χ3v) is 2.43. The van der Waals surface area contributed by atoms with E-state index in [0.717, 1.165) is 25.8 Å². The molecular weight excluding hydrogens is 174 g/mol. The number of aryl methyl sites for hydroxylation is 3. The van der Waals surface area contributed by atoms with E-state index in [0.29, 0.717) is 0 Å². The van der Waals surface area contributed by atoms with Gasteiger partial charge >= 0.3 is 0 Å². The van der Waals surface area contributed by atoms with Crippen molar-refractivity contribution in [2.45, 2.75) is 52.6 Å². The van der Waals surface area contributed by atoms with Crippen LogP contribution in [0.5, 0.6) is 0 Å². The van der Waals surface area contributed by atoms with Gasteiger partial charge in [0.05, 0.1) is 5.69 Å². The van der Waals surface area contributed by atoms with Crippen molar-refractivity contribution in [2.75, 3.05) is 0 Å². The molecule has 80 valence electrons. The van der Waals surface area contributed by atoms with E-state index in [9.17, 15) is 0 Å². The van der Waals surface area contributed by atoms with Crippen LogP contribution in [0.15, 0.2) is 6.07 Å². The zero-order valence-electron chi connectivity index (χ0n) is 9.45. The Balaban J connectivity index is 2.68. The molecule has 1 unspecified atom stereocenters. The average molecular weight is 195 g/mol. The smallest absolute Gasteiger partial charge is 0.0624 e. The minimum Gasteiger partial charge on any atom is -0.328 e. The fourth-order valence-electron chi connectivity index (χ4n) is 1.54. The first kappa shape index (κ1) is 11.2. The molecule has 0 saturated carbocycles. The van der Waals surface area contributed by atoms with E-state index in [1.807, 2.05) is 6.92 Å². The monoisotopic (exact) mass is 195 g/mol. The Morgan fingerprint density at radius 2 is 2.21 bits per heavy atom. The van der Waals surface area contributed by atoms with E-state index < -0.39 is 0 Å². The standard InChI is InChI=1S/C11H21N3/c1-4-10-8-11(7-6-9(3)12)14(5-2)13-10/h8-9H,4-7,12H2,1-3H3. The largest absolute Gasteiger partial charge is 0.328 e. The lowest BCUT2D eigenvalue weighted by atomic mass is 10.1. The predicted molar refractivity (Wildman–Crippen MR) is 59.2 cm³/mol. The lowest BCUT2D eigenvalue weighted by Crippen LogP contribution is -2.16. The van der Waals surface area contributed by atoms with Crippen LogP contribution < -0.4 is 5.73 Å². The third-order valence-electron chi connectivity index (χ3n) is 2.43. The van der Waals surface area contributed by atoms with Crippen LogP contribution in [-0.4, -0.2) is 15.8 Å². The highest BCUT2D eigenvalue weighted by Gasteiger charge is 2.06. The molecule has 0 fully saturated rings. The Morgan fingerprint density at radius 1 is 1.50 bits per heavy atom. The average Bonchev–Trinajstić information content (AvgIpc) is 2.57. The summed E-state index contributed by atoms with van der Waals surface area (Å²) < 4.78 is 2.08. The highest BCUT2D eigenvalue weighted by atomic mass is 15.3. The number of hydrogen-bond donors (Lipinski definition) is 1. The summed E-state index contributed by atoms with van der Waals surface area (Å²) in [5.74, 6) is 0. The summed E-state index contributed by atoms with van der Waals surface area (Å²) in [7, 11) is 0. The van der Waals surface area contributed by atoms with Crippen LogP contribution in [0.3, 0.4) is 0 Å². The van der Waals surface area contributed by atoms with E-state index in [1.165, 1.54) is 11.4 Å². The van der Waals surface area contributed by atoms with Crippen molar-refractivity contribution in [3.63, 3.8) is 0 Å². The fraction of sp³-hybridized carbons (Fsp3) is 0.727. The van der Waals surface area contributed by atoms with Crippen molar-refractivity contribution in [3.05, 3.63) is 17.5 Å². The van der Waals surface area contributed by atoms with Gasteiger partial charge in [0.1, 0.15) is 0 Å². The van der Waals surface area contributed by atoms with Gasteiger partial charge in [-0.2, -0.15) is 5.10 Å². The van der Waals surface area contributed by atoms with Gasteiger partial charge in [0.2, 0.25) is 0 Å². The third kappa shape index (κ3) is 2.84. The summed E-state index contributed by atoms with van der Waals surface area (Å²) in [6.45, 7) is 7.27. The van der Waals surface area contributed by atoms with Gasteiger partial charge in [-0.25, -0.2) is 0 Å². The molecule has 0 saturated heterocycles. The Hall–Kier alpha value is -0.830. The minimum atomic E-state index is 0.278. The van der Waals surface area contributed by atoms with E-state index in [-0.39, 0.29) is 6.04 Å². The second-order valence-electron chi connectivity index (χ2n) is 3.81. The van der Waals surface area contributed by atoms with Crippen LogP contribution in [0, 0.1) is 0 Å². The molecule has 1 aromatic rings. The number of hydrogen-bond acceptors (Lipinski definition) is 2. The topological polar surface area (TPSA) is 43.8 Å². The number of nitrogens with zero attached hydrogens (tertiary/aromatic N) is 2. The normalized spacial score (nSPS) is 13.1. The molecule has 2 N–H and O–H groups in total. The molecule has 0 aliphatic carbocycles. The molecule has 0 amide bonds. The van der Waals surface area contributed by atoms with Gasteiger partial charge in [-0.15, -0.1) is 0 Å². The first-order valence-corrected chi connectivity index (χ1v) is 5.48. The second-order valence-corrected chi connectivity index (χ2v) is 3.81. The maximum Gasteiger partial charge on any atom is 0.0624 e. The maximum atomic E-state index is 5.74. The summed E-state index contributed by atoms with van der Waals surface area (Å²) in [6.07, 6.45) is 3.09. The number of rotatable bonds is 5. The lowest BCUT2D eigenvalue weighted by molar-refractivity contribution is 0.582. The minimum absolute atomic E-state index is 0.278. The van der Waals surface area contributed by atoms with Crippen LogP contribution in [0.25, 0.3) is 0 Å². The number of aromatic nitrogens is 2. The van der Waals surface area contributed by atoms with E-state index in [4.69, 9.17) is 5.73 Å². The van der Waals surface area contributed by atoms with Gasteiger partial charge in [0, 0.05) is 18.3 Å². The maximum absolute atomic E-state index is 5.74. The van der Waals surface area contributed by atoms with Crippen LogP contribution in [0.2, 0.25) is 0 Å². The quantitative estimate of drug-likeness (QED) is 0.778. The summed E-state index contributed by atoms with van der Waals surface area (Å²) in [5, 5.41) is 4.50. The van der Waals surface area contributed by atoms with Gasteiger partial charge in [0.25, 0.3) is 0 Å². The van der Waals surface area contributed by atoms with Gasteiger partial charge in [0.15, 0.2) is 0 Å². The van der Waals surface area contributed by atoms with Crippen LogP contribution >= 0.6 is 0 Å². The Morgan fingerprint density at radius 3 is 2.71 bits per heavy atom. The van der Waals surface area contributed by atoms with Crippen LogP contribution in [0.4, 0.5) is 0 Å². The molecule has 0 spiro atoms. The number of nitrogens with two attached hydrogens (primary N) is 1. The second kappa shape index (κ2) is 5.15. The summed E-state index contributed by atoms with van der Waals surface area (Å²) >= 11 is 0. The van der Waals surface area contributed by atoms with Crippen molar-refractivity contribution < 1.29 is 0 Å². The Bertz CT molecular complexity index is 276. The molecule has 0 aliphatic rings. The summed E-state index contributed by atoms with van der Waals surface area (Å²) in [6, 6.07) is 2.48. The van der Waals surface area contributed by atoms with Gasteiger partial charge in [-0.1, -0.05) is 6.92 Å². The summed E-state index contributed by atoms with van der Waals surface area (Å²) in [5.41, 5.74) is 8.25. The van der Waals surface area contributed by atoms with Crippen molar-refractivity contribution in [1.29, 1.82) is 0 Å². The Labute approximate surface area is 86.3 Å². The molecule has 3 nitrogen and oxygen atoms in total. The first-order valence-electron chi connectivity index (χ1n) is 5.48. The zero-order valence-corrected chi connectivity index (χ0v) is 9.45. The van der Waals surface area contributed by atoms with Crippen LogP contribution in [0.1, 0.15) is 38.6 Å². The molecule has 1 atom stereocenters. The van der Waals surface area contributed by atoms with Crippen molar-refractivity contribution in [2.24, 2.45) is 5.73 Å². The van der Waals surface area contributed by atoms with Crippen molar-refractivity contribution in [3.8, 4) is 0 Å². The molecule has 0 aliphatic heterocycles. The fourth-order valence-corrected chi connectivity index (χ4v) is 1.54. The van der Waals surface area contributed by atoms with Gasteiger partial charge in [-0.05, 0) is 39.2 Å². The molecule has 0 aromatic carbocycles. The Kier molecular flexibility index (Phi) is 4.14. The lowest BCUT2D eigenvalue weighted by Gasteiger charge is -2.06. The van der Waals surface area contributed by atoms with E-state index >= 15 is 0 Å². The molecule has 0 radical (unpaired) electrons. The van der Waals surface area contributed by atoms with Crippen LogP contribution in [-0.2, 0) is 19.4 Å². The highest BCUT2D eigenvalue weighted by molar-refractivity contribution is 5.10.